The van der Waals surface area contributed by atoms with Gasteiger partial charge >= 0.3 is 0 Å². The van der Waals surface area contributed by atoms with Crippen LogP contribution in [0, 0.1) is 5.92 Å². The van der Waals surface area contributed by atoms with Gasteiger partial charge in [0.25, 0.3) is 6.02 Å². The summed E-state index contributed by atoms with van der Waals surface area (Å²) < 4.78 is 10.5. The lowest BCUT2D eigenvalue weighted by molar-refractivity contribution is 0.00147. The molecule has 0 aliphatic carbocycles. The second-order valence-electron chi connectivity index (χ2n) is 3.57. The summed E-state index contributed by atoms with van der Waals surface area (Å²) in [7, 11) is 0. The Morgan fingerprint density at radius 2 is 2.50 bits per heavy atom. The maximum atomic E-state index is 5.49. The highest BCUT2D eigenvalue weighted by molar-refractivity contribution is 5.73. The van der Waals surface area contributed by atoms with Gasteiger partial charge in [-0.25, -0.2) is 4.99 Å². The van der Waals surface area contributed by atoms with Crippen LogP contribution in [0.2, 0.25) is 0 Å². The number of ether oxygens (including phenoxy) is 2. The summed E-state index contributed by atoms with van der Waals surface area (Å²) in [6, 6.07) is 0.337. The van der Waals surface area contributed by atoms with Gasteiger partial charge in [-0.2, -0.15) is 0 Å². The summed E-state index contributed by atoms with van der Waals surface area (Å²) in [5.74, 6) is 0.410. The maximum absolute atomic E-state index is 5.49. The zero-order chi connectivity index (χ0) is 8.60. The summed E-state index contributed by atoms with van der Waals surface area (Å²) in [6.07, 6.45) is 0.925. The molecule has 0 radical (unpaired) electrons. The van der Waals surface area contributed by atoms with Gasteiger partial charge in [-0.15, -0.1) is 0 Å². The van der Waals surface area contributed by atoms with Crippen molar-refractivity contribution < 1.29 is 9.47 Å². The Hall–Kier alpha value is -0.770. The molecule has 1 saturated heterocycles. The Morgan fingerprint density at radius 3 is 3.08 bits per heavy atom. The minimum atomic E-state index is -0.0810. The molecule has 2 unspecified atom stereocenters. The molecule has 12 heavy (non-hydrogen) atoms. The summed E-state index contributed by atoms with van der Waals surface area (Å²) in [5.41, 5.74) is 5.41. The number of amidine groups is 1. The van der Waals surface area contributed by atoms with E-state index in [1.807, 2.05) is 0 Å². The Morgan fingerprint density at radius 1 is 1.67 bits per heavy atom. The first-order valence-corrected chi connectivity index (χ1v) is 4.29. The van der Waals surface area contributed by atoms with Crippen molar-refractivity contribution >= 4 is 6.02 Å². The fourth-order valence-electron chi connectivity index (χ4n) is 1.77. The SMILES string of the molecule is CC1COCCC12COC(N)=N2. The molecule has 0 aromatic heterocycles. The predicted octanol–water partition coefficient (Wildman–Crippen LogP) is 0.127. The van der Waals surface area contributed by atoms with Crippen LogP contribution >= 0.6 is 0 Å². The molecule has 0 aromatic rings. The Kier molecular flexibility index (Phi) is 1.72. The molecule has 0 amide bonds. The van der Waals surface area contributed by atoms with Crippen molar-refractivity contribution in [3.63, 3.8) is 0 Å². The van der Waals surface area contributed by atoms with E-state index < -0.39 is 0 Å². The average molecular weight is 170 g/mol. The summed E-state index contributed by atoms with van der Waals surface area (Å²) in [4.78, 5) is 4.35. The van der Waals surface area contributed by atoms with E-state index in [4.69, 9.17) is 15.2 Å². The van der Waals surface area contributed by atoms with Crippen LogP contribution in [0.4, 0.5) is 0 Å². The molecule has 4 nitrogen and oxygen atoms in total. The van der Waals surface area contributed by atoms with E-state index in [1.54, 1.807) is 0 Å². The first-order valence-electron chi connectivity index (χ1n) is 4.29. The molecule has 68 valence electrons. The highest BCUT2D eigenvalue weighted by atomic mass is 16.5. The molecule has 2 atom stereocenters. The van der Waals surface area contributed by atoms with E-state index in [-0.39, 0.29) is 5.54 Å². The van der Waals surface area contributed by atoms with Crippen molar-refractivity contribution in [3.05, 3.63) is 0 Å². The molecular formula is C8H14N2O2. The van der Waals surface area contributed by atoms with E-state index >= 15 is 0 Å². The summed E-state index contributed by atoms with van der Waals surface area (Å²) in [5, 5.41) is 0. The predicted molar refractivity (Wildman–Crippen MR) is 44.9 cm³/mol. The highest BCUT2D eigenvalue weighted by Crippen LogP contribution is 2.33. The highest BCUT2D eigenvalue weighted by Gasteiger charge is 2.43. The van der Waals surface area contributed by atoms with Crippen molar-refractivity contribution in [1.29, 1.82) is 0 Å². The van der Waals surface area contributed by atoms with Crippen LogP contribution in [-0.4, -0.2) is 31.4 Å². The third kappa shape index (κ3) is 1.06. The van der Waals surface area contributed by atoms with Gasteiger partial charge in [0, 0.05) is 12.5 Å². The molecule has 1 fully saturated rings. The summed E-state index contributed by atoms with van der Waals surface area (Å²) in [6.45, 7) is 4.29. The van der Waals surface area contributed by atoms with Crippen LogP contribution < -0.4 is 5.73 Å². The molecule has 0 aromatic carbocycles. The summed E-state index contributed by atoms with van der Waals surface area (Å²) >= 11 is 0. The van der Waals surface area contributed by atoms with Crippen LogP contribution in [0.1, 0.15) is 13.3 Å². The topological polar surface area (TPSA) is 56.8 Å². The largest absolute Gasteiger partial charge is 0.463 e. The third-order valence-corrected chi connectivity index (χ3v) is 2.77. The molecule has 0 bridgehead atoms. The molecule has 2 heterocycles. The lowest BCUT2D eigenvalue weighted by atomic mass is 9.83. The molecule has 2 rings (SSSR count). The van der Waals surface area contributed by atoms with Crippen LogP contribution in [0.3, 0.4) is 0 Å². The standard InChI is InChI=1S/C8H14N2O2/c1-6-4-11-3-2-8(6)5-12-7(9)10-8/h6H,2-5H2,1H3,(H2,9,10). The van der Waals surface area contributed by atoms with E-state index in [2.05, 4.69) is 11.9 Å². The molecule has 2 aliphatic heterocycles. The molecule has 4 heteroatoms. The van der Waals surface area contributed by atoms with Gasteiger partial charge in [-0.05, 0) is 6.42 Å². The Bertz CT molecular complexity index is 217. The fourth-order valence-corrected chi connectivity index (χ4v) is 1.77. The zero-order valence-corrected chi connectivity index (χ0v) is 7.25. The van der Waals surface area contributed by atoms with Gasteiger partial charge in [0.2, 0.25) is 0 Å². The lowest BCUT2D eigenvalue weighted by Crippen LogP contribution is -2.43. The van der Waals surface area contributed by atoms with Crippen molar-refractivity contribution in [3.8, 4) is 0 Å². The van der Waals surface area contributed by atoms with E-state index in [9.17, 15) is 0 Å². The van der Waals surface area contributed by atoms with Crippen molar-refractivity contribution in [2.24, 2.45) is 16.6 Å². The van der Waals surface area contributed by atoms with Crippen molar-refractivity contribution in [1.82, 2.24) is 0 Å². The van der Waals surface area contributed by atoms with Crippen LogP contribution in [0.15, 0.2) is 4.99 Å². The third-order valence-electron chi connectivity index (χ3n) is 2.77. The number of rotatable bonds is 0. The van der Waals surface area contributed by atoms with Gasteiger partial charge in [-0.3, -0.25) is 0 Å². The monoisotopic (exact) mass is 170 g/mol. The van der Waals surface area contributed by atoms with E-state index in [0.717, 1.165) is 19.6 Å². The number of hydrogen-bond donors (Lipinski definition) is 1. The van der Waals surface area contributed by atoms with E-state index in [0.29, 0.717) is 18.5 Å². The minimum Gasteiger partial charge on any atom is -0.463 e. The second kappa shape index (κ2) is 2.62. The number of nitrogens with zero attached hydrogens (tertiary/aromatic N) is 1. The van der Waals surface area contributed by atoms with E-state index in [1.165, 1.54) is 0 Å². The van der Waals surface area contributed by atoms with Crippen molar-refractivity contribution in [2.75, 3.05) is 19.8 Å². The van der Waals surface area contributed by atoms with Gasteiger partial charge in [0.15, 0.2) is 0 Å². The molecule has 2 N–H and O–H groups in total. The lowest BCUT2D eigenvalue weighted by Gasteiger charge is -2.34. The second-order valence-corrected chi connectivity index (χ2v) is 3.57. The number of aliphatic imine (C=N–C) groups is 1. The quantitative estimate of drug-likeness (QED) is 0.562. The van der Waals surface area contributed by atoms with Gasteiger partial charge in [-0.1, -0.05) is 6.92 Å². The Labute approximate surface area is 71.7 Å². The normalized spacial score (nSPS) is 41.1. The van der Waals surface area contributed by atoms with Gasteiger partial charge in [0.1, 0.15) is 12.1 Å². The first-order chi connectivity index (χ1) is 5.73. The van der Waals surface area contributed by atoms with Gasteiger partial charge in [0.05, 0.1) is 6.61 Å². The fraction of sp³-hybridized carbons (Fsp3) is 0.875. The molecule has 0 saturated carbocycles. The average Bonchev–Trinajstić information content (AvgIpc) is 2.41. The van der Waals surface area contributed by atoms with Crippen LogP contribution in [0.5, 0.6) is 0 Å². The first kappa shape index (κ1) is 7.86. The van der Waals surface area contributed by atoms with Gasteiger partial charge < -0.3 is 15.2 Å². The molecule has 1 spiro atoms. The van der Waals surface area contributed by atoms with Crippen LogP contribution in [0.25, 0.3) is 0 Å². The zero-order valence-electron chi connectivity index (χ0n) is 7.25. The maximum Gasteiger partial charge on any atom is 0.282 e. The Balaban J connectivity index is 2.18. The molecule has 2 aliphatic rings. The van der Waals surface area contributed by atoms with Crippen molar-refractivity contribution in [2.45, 2.75) is 18.9 Å². The smallest absolute Gasteiger partial charge is 0.282 e. The van der Waals surface area contributed by atoms with Crippen LogP contribution in [-0.2, 0) is 9.47 Å². The minimum absolute atomic E-state index is 0.0810. The number of nitrogens with two attached hydrogens (primary N) is 1. The number of hydrogen-bond acceptors (Lipinski definition) is 4. The molecular weight excluding hydrogens is 156 g/mol.